The summed E-state index contributed by atoms with van der Waals surface area (Å²) in [4.78, 5) is 33.7. The van der Waals surface area contributed by atoms with Crippen molar-refractivity contribution < 1.29 is 14.7 Å². The third-order valence-electron chi connectivity index (χ3n) is 4.89. The third kappa shape index (κ3) is 5.33. The highest BCUT2D eigenvalue weighted by molar-refractivity contribution is 6.18. The fourth-order valence-electron chi connectivity index (χ4n) is 3.25. The molecule has 6 nitrogen and oxygen atoms in total. The van der Waals surface area contributed by atoms with E-state index in [1.807, 2.05) is 18.2 Å². The Balaban J connectivity index is 2.19. The molecule has 162 valence electrons. The van der Waals surface area contributed by atoms with Crippen molar-refractivity contribution in [1.29, 1.82) is 0 Å². The van der Waals surface area contributed by atoms with E-state index in [9.17, 15) is 14.7 Å². The van der Waals surface area contributed by atoms with E-state index in [1.165, 1.54) is 6.20 Å². The van der Waals surface area contributed by atoms with Gasteiger partial charge in [-0.1, -0.05) is 54.6 Å². The van der Waals surface area contributed by atoms with E-state index in [1.54, 1.807) is 54.6 Å². The molecule has 1 aromatic heterocycles. The molecule has 3 aromatic rings. The number of carbonyl (C=O) groups is 2. The SMILES string of the molecule is C#CCC(CC#C)(N=C(c1ccccc1)c1ccccc1NC(=O)c1ccccn1)C(=O)O. The number of carboxylic acid groups (broad SMARTS) is 1. The summed E-state index contributed by atoms with van der Waals surface area (Å²) in [6.07, 6.45) is 12.1. The number of nitrogens with zero attached hydrogens (tertiary/aromatic N) is 2. The number of para-hydroxylation sites is 1. The van der Waals surface area contributed by atoms with Crippen molar-refractivity contribution >= 4 is 23.3 Å². The van der Waals surface area contributed by atoms with Crippen molar-refractivity contribution in [2.24, 2.45) is 4.99 Å². The van der Waals surface area contributed by atoms with E-state index in [0.29, 0.717) is 22.5 Å². The molecular weight excluding hydrogens is 414 g/mol. The molecule has 2 aromatic carbocycles. The summed E-state index contributed by atoms with van der Waals surface area (Å²) in [5.74, 6) is 3.15. The predicted molar refractivity (Wildman–Crippen MR) is 128 cm³/mol. The Labute approximate surface area is 192 Å². The van der Waals surface area contributed by atoms with Gasteiger partial charge in [0.25, 0.3) is 5.91 Å². The van der Waals surface area contributed by atoms with Crippen molar-refractivity contribution in [2.75, 3.05) is 5.32 Å². The standard InChI is InChI=1S/C27H21N3O3/c1-3-17-27(18-4-2,26(32)33)30-24(20-12-6-5-7-13-20)21-14-8-9-15-22(21)29-25(31)23-16-10-11-19-28-23/h1-2,5-16,19H,17-18H2,(H,29,31)(H,32,33). The molecule has 0 saturated heterocycles. The number of benzene rings is 2. The van der Waals surface area contributed by atoms with Gasteiger partial charge in [-0.15, -0.1) is 24.7 Å². The molecule has 0 saturated carbocycles. The van der Waals surface area contributed by atoms with Crippen LogP contribution in [0.2, 0.25) is 0 Å². The summed E-state index contributed by atoms with van der Waals surface area (Å²) >= 11 is 0. The second-order valence-electron chi connectivity index (χ2n) is 7.14. The molecule has 1 amide bonds. The maximum Gasteiger partial charge on any atom is 0.333 e. The number of terminal acetylenes is 2. The summed E-state index contributed by atoms with van der Waals surface area (Å²) in [6, 6.07) is 21.1. The number of anilines is 1. The summed E-state index contributed by atoms with van der Waals surface area (Å²) in [6.45, 7) is 0. The number of carboxylic acids is 1. The van der Waals surface area contributed by atoms with Crippen molar-refractivity contribution in [1.82, 2.24) is 4.98 Å². The number of hydrogen-bond acceptors (Lipinski definition) is 4. The summed E-state index contributed by atoms with van der Waals surface area (Å²) < 4.78 is 0. The second-order valence-corrected chi connectivity index (χ2v) is 7.14. The average molecular weight is 435 g/mol. The summed E-state index contributed by atoms with van der Waals surface area (Å²) in [5.41, 5.74) is 0.485. The minimum Gasteiger partial charge on any atom is -0.479 e. The lowest BCUT2D eigenvalue weighted by Crippen LogP contribution is -2.37. The molecule has 0 fully saturated rings. The van der Waals surface area contributed by atoms with Gasteiger partial charge in [-0.05, 0) is 18.2 Å². The van der Waals surface area contributed by atoms with Gasteiger partial charge in [-0.2, -0.15) is 0 Å². The largest absolute Gasteiger partial charge is 0.479 e. The van der Waals surface area contributed by atoms with Gasteiger partial charge in [-0.25, -0.2) is 4.79 Å². The van der Waals surface area contributed by atoms with Crippen LogP contribution in [0.4, 0.5) is 5.69 Å². The molecule has 0 aliphatic carbocycles. The van der Waals surface area contributed by atoms with Crippen molar-refractivity contribution in [2.45, 2.75) is 18.4 Å². The second kappa shape index (κ2) is 10.6. The first kappa shape index (κ1) is 23.0. The van der Waals surface area contributed by atoms with Gasteiger partial charge in [0.2, 0.25) is 0 Å². The minimum atomic E-state index is -1.72. The topological polar surface area (TPSA) is 91.7 Å². The number of nitrogens with one attached hydrogen (secondary N) is 1. The van der Waals surface area contributed by atoms with Crippen LogP contribution in [0.15, 0.2) is 84.0 Å². The Hall–Kier alpha value is -4.68. The number of rotatable bonds is 8. The quantitative estimate of drug-likeness (QED) is 0.413. The highest BCUT2D eigenvalue weighted by atomic mass is 16.4. The molecular formula is C27H21N3O3. The first-order chi connectivity index (χ1) is 16.0. The molecule has 3 rings (SSSR count). The molecule has 6 heteroatoms. The predicted octanol–water partition coefficient (Wildman–Crippen LogP) is 4.04. The fourth-order valence-corrected chi connectivity index (χ4v) is 3.25. The van der Waals surface area contributed by atoms with Crippen LogP contribution < -0.4 is 5.32 Å². The zero-order valence-corrected chi connectivity index (χ0v) is 17.7. The van der Waals surface area contributed by atoms with E-state index in [4.69, 9.17) is 12.8 Å². The Kier molecular flexibility index (Phi) is 7.36. The average Bonchev–Trinajstić information content (AvgIpc) is 2.84. The number of aliphatic imine (C=N–C) groups is 1. The molecule has 0 bridgehead atoms. The smallest absolute Gasteiger partial charge is 0.333 e. The number of aliphatic carboxylic acids is 1. The molecule has 0 spiro atoms. The maximum atomic E-state index is 12.8. The van der Waals surface area contributed by atoms with Crippen LogP contribution in [0.5, 0.6) is 0 Å². The number of aromatic nitrogens is 1. The van der Waals surface area contributed by atoms with Gasteiger partial charge in [0, 0.05) is 30.2 Å². The Morgan fingerprint density at radius 2 is 1.58 bits per heavy atom. The Morgan fingerprint density at radius 1 is 0.939 bits per heavy atom. The normalized spacial score (nSPS) is 11.2. The molecule has 2 N–H and O–H groups in total. The third-order valence-corrected chi connectivity index (χ3v) is 4.89. The van der Waals surface area contributed by atoms with Gasteiger partial charge in [0.1, 0.15) is 5.69 Å². The minimum absolute atomic E-state index is 0.189. The summed E-state index contributed by atoms with van der Waals surface area (Å²) in [7, 11) is 0. The van der Waals surface area contributed by atoms with Crippen LogP contribution in [0.1, 0.15) is 34.5 Å². The van der Waals surface area contributed by atoms with E-state index in [-0.39, 0.29) is 18.5 Å². The van der Waals surface area contributed by atoms with Crippen LogP contribution in [0.25, 0.3) is 0 Å². The first-order valence-corrected chi connectivity index (χ1v) is 10.1. The van der Waals surface area contributed by atoms with Crippen molar-refractivity contribution in [3.05, 3.63) is 95.8 Å². The summed E-state index contributed by atoms with van der Waals surface area (Å²) in [5, 5.41) is 12.9. The molecule has 0 radical (unpaired) electrons. The maximum absolute atomic E-state index is 12.8. The Morgan fingerprint density at radius 3 is 2.18 bits per heavy atom. The monoisotopic (exact) mass is 435 g/mol. The molecule has 1 heterocycles. The van der Waals surface area contributed by atoms with E-state index in [0.717, 1.165) is 0 Å². The lowest BCUT2D eigenvalue weighted by Gasteiger charge is -2.24. The van der Waals surface area contributed by atoms with Crippen LogP contribution >= 0.6 is 0 Å². The van der Waals surface area contributed by atoms with Crippen molar-refractivity contribution in [3.8, 4) is 24.7 Å². The van der Waals surface area contributed by atoms with Gasteiger partial charge >= 0.3 is 5.97 Å². The molecule has 33 heavy (non-hydrogen) atoms. The van der Waals surface area contributed by atoms with Gasteiger partial charge in [0.15, 0.2) is 5.54 Å². The van der Waals surface area contributed by atoms with Crippen molar-refractivity contribution in [3.63, 3.8) is 0 Å². The molecule has 0 aliphatic heterocycles. The highest BCUT2D eigenvalue weighted by Gasteiger charge is 2.38. The number of amides is 1. The van der Waals surface area contributed by atoms with Crippen LogP contribution in [-0.2, 0) is 4.79 Å². The lowest BCUT2D eigenvalue weighted by molar-refractivity contribution is -0.142. The van der Waals surface area contributed by atoms with Gasteiger partial charge < -0.3 is 10.4 Å². The first-order valence-electron chi connectivity index (χ1n) is 10.1. The zero-order chi connectivity index (χ0) is 23.7. The van der Waals surface area contributed by atoms with Gasteiger partial charge in [-0.3, -0.25) is 14.8 Å². The molecule has 0 unspecified atom stereocenters. The van der Waals surface area contributed by atoms with Gasteiger partial charge in [0.05, 0.1) is 11.4 Å². The number of carbonyl (C=O) groups excluding carboxylic acids is 1. The van der Waals surface area contributed by atoms with E-state index >= 15 is 0 Å². The van der Waals surface area contributed by atoms with E-state index in [2.05, 4.69) is 27.1 Å². The van der Waals surface area contributed by atoms with Crippen LogP contribution in [0.3, 0.4) is 0 Å². The number of hydrogen-bond donors (Lipinski definition) is 2. The van der Waals surface area contributed by atoms with Crippen LogP contribution in [0, 0.1) is 24.7 Å². The molecule has 0 atom stereocenters. The lowest BCUT2D eigenvalue weighted by atomic mass is 9.90. The highest BCUT2D eigenvalue weighted by Crippen LogP contribution is 2.27. The zero-order valence-electron chi connectivity index (χ0n) is 17.7. The van der Waals surface area contributed by atoms with E-state index < -0.39 is 17.4 Å². The fraction of sp³-hybridized carbons (Fsp3) is 0.111. The molecule has 0 aliphatic rings. The Bertz CT molecular complexity index is 1240. The number of pyridine rings is 1. The van der Waals surface area contributed by atoms with Crippen LogP contribution in [-0.4, -0.2) is 33.2 Å².